The van der Waals surface area contributed by atoms with Crippen molar-refractivity contribution in [1.82, 2.24) is 0 Å². The van der Waals surface area contributed by atoms with Crippen LogP contribution in [0.1, 0.15) is 5.56 Å². The maximum Gasteiger partial charge on any atom is 0.190 e. The van der Waals surface area contributed by atoms with Gasteiger partial charge in [-0.3, -0.25) is 0 Å². The van der Waals surface area contributed by atoms with Crippen LogP contribution in [-0.2, 0) is 6.54 Å². The lowest BCUT2D eigenvalue weighted by Crippen LogP contribution is -2.05. The van der Waals surface area contributed by atoms with Gasteiger partial charge in [0.25, 0.3) is 0 Å². The van der Waals surface area contributed by atoms with Crippen LogP contribution in [0.4, 0.5) is 0 Å². The fraction of sp³-hybridized carbons (Fsp3) is 0.0769. The smallest absolute Gasteiger partial charge is 0.190 e. The Morgan fingerprint density at radius 2 is 2.19 bits per heavy atom. The number of hydrogen-bond donors (Lipinski definition) is 2. The summed E-state index contributed by atoms with van der Waals surface area (Å²) >= 11 is 0. The molecule has 4 N–H and O–H groups in total. The van der Waals surface area contributed by atoms with Gasteiger partial charge in [0.05, 0.1) is 0 Å². The van der Waals surface area contributed by atoms with Crippen LogP contribution < -0.4 is 16.2 Å². The molecule has 0 bridgehead atoms. The monoisotopic (exact) mass is 216 g/mol. The van der Waals surface area contributed by atoms with Gasteiger partial charge in [-0.05, 0) is 23.8 Å². The van der Waals surface area contributed by atoms with Crippen molar-refractivity contribution in [2.45, 2.75) is 6.54 Å². The van der Waals surface area contributed by atoms with Crippen LogP contribution >= 0.6 is 0 Å². The third-order valence-corrected chi connectivity index (χ3v) is 1.88. The summed E-state index contributed by atoms with van der Waals surface area (Å²) in [5, 5.41) is 0. The first-order valence-electron chi connectivity index (χ1n) is 4.98. The average Bonchev–Trinajstić information content (AvgIpc) is 2.29. The summed E-state index contributed by atoms with van der Waals surface area (Å²) in [7, 11) is 0. The van der Waals surface area contributed by atoms with Crippen molar-refractivity contribution in [1.29, 1.82) is 0 Å². The average molecular weight is 216 g/mol. The molecular weight excluding hydrogens is 200 g/mol. The topological polar surface area (TPSA) is 61.3 Å². The maximum atomic E-state index is 5.66. The Kier molecular flexibility index (Phi) is 4.89. The van der Waals surface area contributed by atoms with Crippen LogP contribution in [0.5, 0.6) is 5.75 Å². The van der Waals surface area contributed by atoms with Gasteiger partial charge in [-0.2, -0.15) is 0 Å². The lowest BCUT2D eigenvalue weighted by atomic mass is 10.2. The molecule has 1 aromatic rings. The van der Waals surface area contributed by atoms with Gasteiger partial charge < -0.3 is 16.2 Å². The summed E-state index contributed by atoms with van der Waals surface area (Å²) in [5.41, 5.74) is 12.2. The highest BCUT2D eigenvalue weighted by molar-refractivity contribution is 5.30. The highest BCUT2D eigenvalue weighted by Gasteiger charge is 1.96. The van der Waals surface area contributed by atoms with Crippen LogP contribution in [-0.4, -0.2) is 0 Å². The molecule has 3 heteroatoms. The summed E-state index contributed by atoms with van der Waals surface area (Å²) < 4.78 is 5.40. The zero-order valence-corrected chi connectivity index (χ0v) is 9.10. The molecule has 0 spiro atoms. The lowest BCUT2D eigenvalue weighted by molar-refractivity contribution is 0.419. The second-order valence-corrected chi connectivity index (χ2v) is 3.14. The van der Waals surface area contributed by atoms with Gasteiger partial charge in [-0.15, -0.1) is 0 Å². The molecule has 16 heavy (non-hydrogen) atoms. The van der Waals surface area contributed by atoms with E-state index in [1.165, 1.54) is 0 Å². The second-order valence-electron chi connectivity index (χ2n) is 3.14. The van der Waals surface area contributed by atoms with E-state index in [0.717, 1.165) is 5.56 Å². The third-order valence-electron chi connectivity index (χ3n) is 1.88. The number of benzene rings is 1. The van der Waals surface area contributed by atoms with Crippen molar-refractivity contribution >= 4 is 0 Å². The van der Waals surface area contributed by atoms with Crippen LogP contribution in [0, 0.1) is 0 Å². The predicted molar refractivity (Wildman–Crippen MR) is 66.6 cm³/mol. The van der Waals surface area contributed by atoms with Crippen LogP contribution in [0.15, 0.2) is 61.0 Å². The molecule has 0 aliphatic rings. The Labute approximate surface area is 95.7 Å². The SMILES string of the molecule is C=C/C=C\C=C(/N)Oc1cccc(CN)c1. The van der Waals surface area contributed by atoms with Crippen LogP contribution in [0.3, 0.4) is 0 Å². The minimum atomic E-state index is 0.326. The van der Waals surface area contributed by atoms with Crippen molar-refractivity contribution in [2.75, 3.05) is 0 Å². The third kappa shape index (κ3) is 4.02. The molecule has 0 atom stereocenters. The molecule has 0 amide bonds. The van der Waals surface area contributed by atoms with E-state index in [2.05, 4.69) is 6.58 Å². The second kappa shape index (κ2) is 6.48. The largest absolute Gasteiger partial charge is 0.442 e. The summed E-state index contributed by atoms with van der Waals surface area (Å²) in [5.74, 6) is 1.01. The standard InChI is InChI=1S/C13H16N2O/c1-2-3-4-8-13(15)16-12-7-5-6-11(9-12)10-14/h2-9H,1,10,14-15H2/b4-3-,13-8+. The Balaban J connectivity index is 2.68. The molecule has 0 aliphatic heterocycles. The van der Waals surface area contributed by atoms with Crippen molar-refractivity contribution in [2.24, 2.45) is 11.5 Å². The zero-order valence-electron chi connectivity index (χ0n) is 9.10. The van der Waals surface area contributed by atoms with Crippen molar-refractivity contribution in [3.05, 3.63) is 66.6 Å². The number of hydrogen-bond acceptors (Lipinski definition) is 3. The molecule has 0 fully saturated rings. The first kappa shape index (κ1) is 12.1. The summed E-state index contributed by atoms with van der Waals surface area (Å²) in [4.78, 5) is 0. The number of nitrogens with two attached hydrogens (primary N) is 2. The molecule has 0 heterocycles. The molecule has 84 valence electrons. The molecule has 0 saturated carbocycles. The van der Waals surface area contributed by atoms with Crippen molar-refractivity contribution < 1.29 is 4.74 Å². The molecule has 1 aromatic carbocycles. The molecular formula is C13H16N2O. The highest BCUT2D eigenvalue weighted by Crippen LogP contribution is 2.14. The fourth-order valence-electron chi connectivity index (χ4n) is 1.14. The fourth-order valence-corrected chi connectivity index (χ4v) is 1.14. The normalized spacial score (nSPS) is 11.7. The first-order valence-corrected chi connectivity index (χ1v) is 4.98. The minimum Gasteiger partial charge on any atom is -0.442 e. The summed E-state index contributed by atoms with van der Waals surface area (Å²) in [6.45, 7) is 4.04. The maximum absolute atomic E-state index is 5.66. The zero-order chi connectivity index (χ0) is 11.8. The van der Waals surface area contributed by atoms with Gasteiger partial charge >= 0.3 is 0 Å². The van der Waals surface area contributed by atoms with Gasteiger partial charge in [0.15, 0.2) is 5.88 Å². The molecule has 0 aliphatic carbocycles. The van der Waals surface area contributed by atoms with E-state index in [1.54, 1.807) is 24.3 Å². The van der Waals surface area contributed by atoms with E-state index in [1.807, 2.05) is 24.3 Å². The van der Waals surface area contributed by atoms with E-state index in [9.17, 15) is 0 Å². The number of allylic oxidation sites excluding steroid dienone is 4. The summed E-state index contributed by atoms with van der Waals surface area (Å²) in [6.07, 6.45) is 6.86. The number of rotatable bonds is 5. The predicted octanol–water partition coefficient (Wildman–Crippen LogP) is 2.07. The van der Waals surface area contributed by atoms with Gasteiger partial charge in [-0.1, -0.05) is 36.9 Å². The van der Waals surface area contributed by atoms with E-state index >= 15 is 0 Å². The molecule has 0 radical (unpaired) electrons. The van der Waals surface area contributed by atoms with E-state index < -0.39 is 0 Å². The first-order chi connectivity index (χ1) is 7.76. The lowest BCUT2D eigenvalue weighted by Gasteiger charge is -2.05. The van der Waals surface area contributed by atoms with Gasteiger partial charge in [0.2, 0.25) is 0 Å². The van der Waals surface area contributed by atoms with E-state index in [0.29, 0.717) is 18.2 Å². The molecule has 1 rings (SSSR count). The van der Waals surface area contributed by atoms with Crippen LogP contribution in [0.2, 0.25) is 0 Å². The van der Waals surface area contributed by atoms with Gasteiger partial charge in [-0.25, -0.2) is 0 Å². The molecule has 0 aromatic heterocycles. The van der Waals surface area contributed by atoms with Gasteiger partial charge in [0, 0.05) is 6.54 Å². The van der Waals surface area contributed by atoms with E-state index in [4.69, 9.17) is 16.2 Å². The van der Waals surface area contributed by atoms with Gasteiger partial charge in [0.1, 0.15) is 5.75 Å². The summed E-state index contributed by atoms with van der Waals surface area (Å²) in [6, 6.07) is 7.50. The number of ether oxygens (including phenoxy) is 1. The Bertz CT molecular complexity index is 408. The Morgan fingerprint density at radius 3 is 2.88 bits per heavy atom. The quantitative estimate of drug-likeness (QED) is 0.585. The van der Waals surface area contributed by atoms with E-state index in [-0.39, 0.29) is 0 Å². The Hall–Kier alpha value is -2.00. The molecule has 0 saturated heterocycles. The van der Waals surface area contributed by atoms with Crippen LogP contribution in [0.25, 0.3) is 0 Å². The Morgan fingerprint density at radius 1 is 1.38 bits per heavy atom. The highest BCUT2D eigenvalue weighted by atomic mass is 16.5. The molecule has 0 unspecified atom stereocenters. The van der Waals surface area contributed by atoms with Crippen molar-refractivity contribution in [3.8, 4) is 5.75 Å². The minimum absolute atomic E-state index is 0.326. The molecule has 3 nitrogen and oxygen atoms in total. The van der Waals surface area contributed by atoms with Crippen molar-refractivity contribution in [3.63, 3.8) is 0 Å².